The second kappa shape index (κ2) is 8.22. The number of rotatable bonds is 6. The number of piperidine rings is 1. The molecule has 0 bridgehead atoms. The summed E-state index contributed by atoms with van der Waals surface area (Å²) in [6, 6.07) is 11.0. The number of nitrogens with zero attached hydrogens (tertiary/aromatic N) is 1. The van der Waals surface area contributed by atoms with Gasteiger partial charge < -0.3 is 24.5 Å². The molecule has 150 valence electrons. The fourth-order valence-corrected chi connectivity index (χ4v) is 3.19. The van der Waals surface area contributed by atoms with Crippen molar-refractivity contribution in [2.45, 2.75) is 25.5 Å². The van der Waals surface area contributed by atoms with Crippen LogP contribution in [-0.2, 0) is 11.4 Å². The largest absolute Gasteiger partial charge is 0.497 e. The molecule has 2 N–H and O–H groups in total. The van der Waals surface area contributed by atoms with Gasteiger partial charge in [-0.25, -0.2) is 4.98 Å². The average Bonchev–Trinajstić information content (AvgIpc) is 3.22. The Balaban J connectivity index is 1.38. The number of carbonyl (C=O) groups excluding carboxylic acids is 2. The maximum Gasteiger partial charge on any atom is 0.273 e. The van der Waals surface area contributed by atoms with Gasteiger partial charge in [-0.15, -0.1) is 0 Å². The first-order valence-electron chi connectivity index (χ1n) is 9.36. The van der Waals surface area contributed by atoms with Gasteiger partial charge in [0.15, 0.2) is 12.3 Å². The van der Waals surface area contributed by atoms with E-state index in [1.807, 2.05) is 36.4 Å². The van der Waals surface area contributed by atoms with E-state index in [9.17, 15) is 9.59 Å². The zero-order chi connectivity index (χ0) is 20.2. The molecule has 0 radical (unpaired) electrons. The number of benzene rings is 2. The van der Waals surface area contributed by atoms with E-state index in [1.165, 1.54) is 6.26 Å². The van der Waals surface area contributed by atoms with Crippen LogP contribution in [0, 0.1) is 0 Å². The number of ether oxygens (including phenoxy) is 2. The van der Waals surface area contributed by atoms with E-state index in [4.69, 9.17) is 13.9 Å². The predicted molar refractivity (Wildman–Crippen MR) is 105 cm³/mol. The number of fused-ring (bicyclic) bond motifs is 1. The van der Waals surface area contributed by atoms with Crippen LogP contribution in [0.25, 0.3) is 10.8 Å². The van der Waals surface area contributed by atoms with Crippen LogP contribution in [0.15, 0.2) is 47.1 Å². The minimum atomic E-state index is -0.540. The number of methoxy groups -OCH3 is 1. The zero-order valence-electron chi connectivity index (χ0n) is 15.9. The van der Waals surface area contributed by atoms with Crippen molar-refractivity contribution in [1.29, 1.82) is 0 Å². The Morgan fingerprint density at radius 2 is 2.03 bits per heavy atom. The van der Waals surface area contributed by atoms with E-state index in [2.05, 4.69) is 15.6 Å². The molecule has 2 heterocycles. The van der Waals surface area contributed by atoms with Crippen LogP contribution >= 0.6 is 0 Å². The summed E-state index contributed by atoms with van der Waals surface area (Å²) in [5.74, 6) is 1.07. The van der Waals surface area contributed by atoms with Crippen LogP contribution in [0.5, 0.6) is 11.5 Å². The van der Waals surface area contributed by atoms with Crippen molar-refractivity contribution in [3.63, 3.8) is 0 Å². The smallest absolute Gasteiger partial charge is 0.273 e. The lowest BCUT2D eigenvalue weighted by Gasteiger charge is -2.22. The lowest BCUT2D eigenvalue weighted by Crippen LogP contribution is -2.50. The van der Waals surface area contributed by atoms with Crippen molar-refractivity contribution in [3.8, 4) is 11.5 Å². The zero-order valence-corrected chi connectivity index (χ0v) is 15.9. The number of hydrogen-bond donors (Lipinski definition) is 2. The maximum atomic E-state index is 12.3. The van der Waals surface area contributed by atoms with Gasteiger partial charge in [0.2, 0.25) is 11.8 Å². The molecule has 1 saturated heterocycles. The van der Waals surface area contributed by atoms with Crippen molar-refractivity contribution in [2.24, 2.45) is 0 Å². The highest BCUT2D eigenvalue weighted by Crippen LogP contribution is 2.25. The van der Waals surface area contributed by atoms with Crippen molar-refractivity contribution < 1.29 is 23.5 Å². The molecule has 2 aromatic carbocycles. The Morgan fingerprint density at radius 1 is 1.24 bits per heavy atom. The number of hydrogen-bond acceptors (Lipinski definition) is 6. The van der Waals surface area contributed by atoms with Crippen LogP contribution in [0.3, 0.4) is 0 Å². The molecule has 1 fully saturated rings. The summed E-state index contributed by atoms with van der Waals surface area (Å²) < 4.78 is 16.3. The van der Waals surface area contributed by atoms with Crippen LogP contribution in [0.4, 0.5) is 0 Å². The molecular formula is C21H21N3O5. The molecule has 1 aromatic heterocycles. The van der Waals surface area contributed by atoms with Crippen LogP contribution < -0.4 is 20.1 Å². The summed E-state index contributed by atoms with van der Waals surface area (Å²) >= 11 is 0. The normalized spacial score (nSPS) is 16.3. The third-order valence-electron chi connectivity index (χ3n) is 4.76. The number of carbonyl (C=O) groups is 2. The van der Waals surface area contributed by atoms with Gasteiger partial charge in [0.05, 0.1) is 7.11 Å². The Kier molecular flexibility index (Phi) is 5.33. The fraction of sp³-hybridized carbons (Fsp3) is 0.286. The van der Waals surface area contributed by atoms with E-state index in [0.29, 0.717) is 18.7 Å². The van der Waals surface area contributed by atoms with E-state index in [-0.39, 0.29) is 24.1 Å². The molecule has 4 rings (SSSR count). The summed E-state index contributed by atoms with van der Waals surface area (Å²) in [5, 5.41) is 7.46. The van der Waals surface area contributed by atoms with Crippen LogP contribution in [0.2, 0.25) is 0 Å². The molecular weight excluding hydrogens is 374 g/mol. The van der Waals surface area contributed by atoms with Crippen molar-refractivity contribution >= 4 is 22.6 Å². The Hall–Kier alpha value is -3.55. The molecule has 1 aliphatic heterocycles. The van der Waals surface area contributed by atoms with Crippen molar-refractivity contribution in [3.05, 3.63) is 54.2 Å². The Labute approximate surface area is 167 Å². The van der Waals surface area contributed by atoms with Gasteiger partial charge in [0, 0.05) is 6.54 Å². The first-order chi connectivity index (χ1) is 14.1. The molecule has 8 heteroatoms. The van der Waals surface area contributed by atoms with Gasteiger partial charge >= 0.3 is 0 Å². The Morgan fingerprint density at radius 3 is 2.83 bits per heavy atom. The third kappa shape index (κ3) is 4.31. The number of nitrogens with one attached hydrogen (secondary N) is 2. The molecule has 0 aliphatic carbocycles. The van der Waals surface area contributed by atoms with E-state index in [1.54, 1.807) is 7.11 Å². The summed E-state index contributed by atoms with van der Waals surface area (Å²) in [4.78, 5) is 28.2. The fourth-order valence-electron chi connectivity index (χ4n) is 3.19. The topological polar surface area (TPSA) is 103 Å². The number of amides is 2. The van der Waals surface area contributed by atoms with Crippen molar-refractivity contribution in [1.82, 2.24) is 15.6 Å². The minimum Gasteiger partial charge on any atom is -0.497 e. The third-order valence-corrected chi connectivity index (χ3v) is 4.76. The standard InChI is InChI=1S/C21H21N3O5/c1-27-15-6-4-13-5-7-16(10-14(13)9-15)28-12-19-23-18(11-29-19)21(26)24-17-3-2-8-22-20(17)25/h4-7,9-11,17H,2-3,8,12H2,1H3,(H,22,25)(H,24,26)/t17-/m0/s1. The monoisotopic (exact) mass is 395 g/mol. The first-order valence-corrected chi connectivity index (χ1v) is 9.36. The summed E-state index contributed by atoms with van der Waals surface area (Å²) in [6.07, 6.45) is 2.70. The van der Waals surface area contributed by atoms with Gasteiger partial charge in [0.25, 0.3) is 5.91 Å². The second-order valence-electron chi connectivity index (χ2n) is 6.75. The lowest BCUT2D eigenvalue weighted by molar-refractivity contribution is -0.124. The predicted octanol–water partition coefficient (Wildman–Crippen LogP) is 2.42. The average molecular weight is 395 g/mol. The maximum absolute atomic E-state index is 12.3. The van der Waals surface area contributed by atoms with Crippen LogP contribution in [0.1, 0.15) is 29.2 Å². The molecule has 0 spiro atoms. The minimum absolute atomic E-state index is 0.0761. The summed E-state index contributed by atoms with van der Waals surface area (Å²) in [5.41, 5.74) is 0.116. The van der Waals surface area contributed by atoms with Gasteiger partial charge in [-0.2, -0.15) is 0 Å². The van der Waals surface area contributed by atoms with E-state index in [0.717, 1.165) is 22.9 Å². The van der Waals surface area contributed by atoms with Gasteiger partial charge in [-0.05, 0) is 47.9 Å². The van der Waals surface area contributed by atoms with E-state index >= 15 is 0 Å². The first kappa shape index (κ1) is 18.8. The Bertz CT molecular complexity index is 1050. The van der Waals surface area contributed by atoms with Gasteiger partial charge in [0.1, 0.15) is 23.8 Å². The molecule has 0 saturated carbocycles. The molecule has 0 unspecified atom stereocenters. The van der Waals surface area contributed by atoms with E-state index < -0.39 is 11.9 Å². The number of aromatic nitrogens is 1. The molecule has 29 heavy (non-hydrogen) atoms. The van der Waals surface area contributed by atoms with Gasteiger partial charge in [-0.1, -0.05) is 12.1 Å². The SMILES string of the molecule is COc1ccc2ccc(OCc3nc(C(=O)N[C@H]4CCCNC4=O)co3)cc2c1. The highest BCUT2D eigenvalue weighted by atomic mass is 16.5. The van der Waals surface area contributed by atoms with Gasteiger partial charge in [-0.3, -0.25) is 9.59 Å². The highest BCUT2D eigenvalue weighted by molar-refractivity contribution is 5.96. The molecule has 2 amide bonds. The molecule has 8 nitrogen and oxygen atoms in total. The summed E-state index contributed by atoms with van der Waals surface area (Å²) in [7, 11) is 1.62. The molecule has 1 atom stereocenters. The highest BCUT2D eigenvalue weighted by Gasteiger charge is 2.25. The second-order valence-corrected chi connectivity index (χ2v) is 6.75. The van der Waals surface area contributed by atoms with Crippen molar-refractivity contribution in [2.75, 3.05) is 13.7 Å². The molecule has 1 aliphatic rings. The summed E-state index contributed by atoms with van der Waals surface area (Å²) in [6.45, 7) is 0.713. The lowest BCUT2D eigenvalue weighted by atomic mass is 10.1. The quantitative estimate of drug-likeness (QED) is 0.665. The van der Waals surface area contributed by atoms with Crippen LogP contribution in [-0.4, -0.2) is 36.5 Å². The number of oxazole rings is 1. The molecule has 3 aromatic rings.